The van der Waals surface area contributed by atoms with Gasteiger partial charge in [0.15, 0.2) is 5.38 Å². The molecule has 2 fully saturated rings. The summed E-state index contributed by atoms with van der Waals surface area (Å²) in [6, 6.07) is 0.512. The van der Waals surface area contributed by atoms with Crippen LogP contribution < -0.4 is 0 Å². The average molecular weight is 268 g/mol. The standard InChI is InChI=1S/C13H18ClN3O/c14-12(13(18)16-6-2-1-3-7-16)11-8-15-9-17(11)10-4-5-10/h8-10,12H,1-7H2. The van der Waals surface area contributed by atoms with E-state index in [-0.39, 0.29) is 5.91 Å². The minimum absolute atomic E-state index is 0.0405. The van der Waals surface area contributed by atoms with Crippen LogP contribution >= 0.6 is 11.6 Å². The third-order valence-corrected chi connectivity index (χ3v) is 4.19. The summed E-state index contributed by atoms with van der Waals surface area (Å²) >= 11 is 6.36. The van der Waals surface area contributed by atoms with Gasteiger partial charge in [0.05, 0.1) is 18.2 Å². The lowest BCUT2D eigenvalue weighted by Gasteiger charge is -2.28. The largest absolute Gasteiger partial charge is 0.341 e. The summed E-state index contributed by atoms with van der Waals surface area (Å²) in [6.45, 7) is 1.69. The molecule has 4 nitrogen and oxygen atoms in total. The van der Waals surface area contributed by atoms with Crippen molar-refractivity contribution in [1.82, 2.24) is 14.5 Å². The minimum Gasteiger partial charge on any atom is -0.341 e. The Hall–Kier alpha value is -1.03. The van der Waals surface area contributed by atoms with Gasteiger partial charge in [-0.25, -0.2) is 4.98 Å². The first-order chi connectivity index (χ1) is 8.77. The van der Waals surface area contributed by atoms with E-state index in [1.807, 2.05) is 4.90 Å². The summed E-state index contributed by atoms with van der Waals surface area (Å²) in [4.78, 5) is 18.4. The third-order valence-electron chi connectivity index (χ3n) is 3.78. The van der Waals surface area contributed by atoms with Crippen molar-refractivity contribution in [3.05, 3.63) is 18.2 Å². The summed E-state index contributed by atoms with van der Waals surface area (Å²) in [7, 11) is 0. The second kappa shape index (κ2) is 4.92. The normalized spacial score (nSPS) is 21.9. The van der Waals surface area contributed by atoms with Gasteiger partial charge in [0.2, 0.25) is 5.91 Å². The summed E-state index contributed by atoms with van der Waals surface area (Å²) < 4.78 is 2.07. The van der Waals surface area contributed by atoms with Crippen molar-refractivity contribution < 1.29 is 4.79 Å². The van der Waals surface area contributed by atoms with Crippen LogP contribution in [0.2, 0.25) is 0 Å². The molecular weight excluding hydrogens is 250 g/mol. The van der Waals surface area contributed by atoms with Crippen LogP contribution in [0.3, 0.4) is 0 Å². The molecule has 18 heavy (non-hydrogen) atoms. The number of halogens is 1. The fourth-order valence-electron chi connectivity index (χ4n) is 2.57. The third kappa shape index (κ3) is 2.26. The number of imidazole rings is 1. The van der Waals surface area contributed by atoms with E-state index in [0.717, 1.165) is 31.6 Å². The fraction of sp³-hybridized carbons (Fsp3) is 0.692. The van der Waals surface area contributed by atoms with Crippen LogP contribution in [0.5, 0.6) is 0 Å². The van der Waals surface area contributed by atoms with Gasteiger partial charge in [-0.2, -0.15) is 0 Å². The van der Waals surface area contributed by atoms with E-state index < -0.39 is 5.38 Å². The van der Waals surface area contributed by atoms with Gasteiger partial charge in [-0.3, -0.25) is 4.79 Å². The highest BCUT2D eigenvalue weighted by molar-refractivity contribution is 6.30. The molecule has 0 spiro atoms. The summed E-state index contributed by atoms with van der Waals surface area (Å²) in [5.74, 6) is 0.0405. The zero-order valence-electron chi connectivity index (χ0n) is 10.4. The molecule has 1 atom stereocenters. The summed E-state index contributed by atoms with van der Waals surface area (Å²) in [5.41, 5.74) is 0.856. The molecule has 3 rings (SSSR count). The first kappa shape index (κ1) is 12.0. The number of carbonyl (C=O) groups is 1. The number of likely N-dealkylation sites (tertiary alicyclic amines) is 1. The Kier molecular flexibility index (Phi) is 3.29. The van der Waals surface area contributed by atoms with E-state index in [0.29, 0.717) is 6.04 Å². The number of hydrogen-bond acceptors (Lipinski definition) is 2. The van der Waals surface area contributed by atoms with Crippen molar-refractivity contribution in [3.8, 4) is 0 Å². The van der Waals surface area contributed by atoms with E-state index in [9.17, 15) is 4.79 Å². The first-order valence-corrected chi connectivity index (χ1v) is 7.15. The van der Waals surface area contributed by atoms with Crippen LogP contribution in [0.4, 0.5) is 0 Å². The number of aromatic nitrogens is 2. The van der Waals surface area contributed by atoms with E-state index in [1.165, 1.54) is 19.3 Å². The van der Waals surface area contributed by atoms with Crippen LogP contribution in [0, 0.1) is 0 Å². The Morgan fingerprint density at radius 3 is 2.72 bits per heavy atom. The Labute approximate surface area is 112 Å². The lowest BCUT2D eigenvalue weighted by atomic mass is 10.1. The molecule has 1 aliphatic carbocycles. The number of rotatable bonds is 3. The van der Waals surface area contributed by atoms with E-state index in [4.69, 9.17) is 11.6 Å². The minimum atomic E-state index is -0.578. The molecule has 98 valence electrons. The molecule has 1 aromatic rings. The second-order valence-corrected chi connectivity index (χ2v) is 5.64. The number of hydrogen-bond donors (Lipinski definition) is 0. The predicted octanol–water partition coefficient (Wildman–Crippen LogP) is 2.51. The molecule has 0 bridgehead atoms. The summed E-state index contributed by atoms with van der Waals surface area (Å²) in [6.07, 6.45) is 9.28. The van der Waals surface area contributed by atoms with Crippen LogP contribution in [-0.4, -0.2) is 33.4 Å². The van der Waals surface area contributed by atoms with Gasteiger partial charge in [-0.1, -0.05) is 0 Å². The monoisotopic (exact) mass is 267 g/mol. The molecule has 0 radical (unpaired) electrons. The van der Waals surface area contributed by atoms with Crippen LogP contribution in [0.1, 0.15) is 49.2 Å². The highest BCUT2D eigenvalue weighted by Gasteiger charge is 2.32. The zero-order valence-corrected chi connectivity index (χ0v) is 11.1. The highest BCUT2D eigenvalue weighted by Crippen LogP contribution is 2.38. The maximum Gasteiger partial charge on any atom is 0.246 e. The van der Waals surface area contributed by atoms with Crippen molar-refractivity contribution in [2.24, 2.45) is 0 Å². The molecule has 2 heterocycles. The van der Waals surface area contributed by atoms with Crippen LogP contribution in [0.15, 0.2) is 12.5 Å². The first-order valence-electron chi connectivity index (χ1n) is 6.72. The van der Waals surface area contributed by atoms with Crippen LogP contribution in [-0.2, 0) is 4.79 Å². The molecule has 1 aromatic heterocycles. The molecule has 1 saturated heterocycles. The summed E-state index contributed by atoms with van der Waals surface area (Å²) in [5, 5.41) is -0.578. The maximum atomic E-state index is 12.3. The Morgan fingerprint density at radius 1 is 1.33 bits per heavy atom. The lowest BCUT2D eigenvalue weighted by molar-refractivity contribution is -0.131. The van der Waals surface area contributed by atoms with E-state index >= 15 is 0 Å². The van der Waals surface area contributed by atoms with Crippen molar-refractivity contribution in [3.63, 3.8) is 0 Å². The second-order valence-electron chi connectivity index (χ2n) is 5.21. The Balaban J connectivity index is 1.74. The molecule has 1 amide bonds. The molecular formula is C13H18ClN3O. The fourth-order valence-corrected chi connectivity index (χ4v) is 2.88. The number of piperidine rings is 1. The van der Waals surface area contributed by atoms with Crippen molar-refractivity contribution in [2.45, 2.75) is 43.5 Å². The van der Waals surface area contributed by atoms with Gasteiger partial charge < -0.3 is 9.47 Å². The molecule has 1 unspecified atom stereocenters. The van der Waals surface area contributed by atoms with Crippen molar-refractivity contribution >= 4 is 17.5 Å². The molecule has 2 aliphatic rings. The number of amides is 1. The quantitative estimate of drug-likeness (QED) is 0.790. The van der Waals surface area contributed by atoms with Gasteiger partial charge in [-0.05, 0) is 32.1 Å². The molecule has 1 saturated carbocycles. The van der Waals surface area contributed by atoms with Gasteiger partial charge in [0, 0.05) is 19.1 Å². The lowest BCUT2D eigenvalue weighted by Crippen LogP contribution is -2.38. The SMILES string of the molecule is O=C(C(Cl)c1cncn1C1CC1)N1CCCCC1. The molecule has 1 aliphatic heterocycles. The van der Waals surface area contributed by atoms with Crippen molar-refractivity contribution in [1.29, 1.82) is 0 Å². The topological polar surface area (TPSA) is 38.1 Å². The Morgan fingerprint density at radius 2 is 2.06 bits per heavy atom. The van der Waals surface area contributed by atoms with Crippen LogP contribution in [0.25, 0.3) is 0 Å². The predicted molar refractivity (Wildman–Crippen MR) is 69.5 cm³/mol. The molecule has 0 aromatic carbocycles. The Bertz CT molecular complexity index is 435. The zero-order chi connectivity index (χ0) is 12.5. The number of alkyl halides is 1. The van der Waals surface area contributed by atoms with Crippen molar-refractivity contribution in [2.75, 3.05) is 13.1 Å². The van der Waals surface area contributed by atoms with E-state index in [2.05, 4.69) is 9.55 Å². The van der Waals surface area contributed by atoms with Gasteiger partial charge in [0.25, 0.3) is 0 Å². The van der Waals surface area contributed by atoms with Gasteiger partial charge >= 0.3 is 0 Å². The van der Waals surface area contributed by atoms with E-state index in [1.54, 1.807) is 12.5 Å². The van der Waals surface area contributed by atoms with Gasteiger partial charge in [0.1, 0.15) is 0 Å². The maximum absolute atomic E-state index is 12.3. The molecule has 0 N–H and O–H groups in total. The highest BCUT2D eigenvalue weighted by atomic mass is 35.5. The van der Waals surface area contributed by atoms with Gasteiger partial charge in [-0.15, -0.1) is 11.6 Å². The molecule has 5 heteroatoms. The smallest absolute Gasteiger partial charge is 0.246 e. The number of nitrogens with zero attached hydrogens (tertiary/aromatic N) is 3. The average Bonchev–Trinajstić information content (AvgIpc) is 3.15. The number of carbonyl (C=O) groups excluding carboxylic acids is 1.